The number of hydrogen-bond donors (Lipinski definition) is 19. The van der Waals surface area contributed by atoms with Gasteiger partial charge in [0.05, 0.1) is 161 Å². The molecule has 0 saturated carbocycles. The number of rotatable bonds is 14. The van der Waals surface area contributed by atoms with Crippen LogP contribution in [0.4, 0.5) is 4.79 Å². The first-order valence-electron chi connectivity index (χ1n) is 51.1. The summed E-state index contributed by atoms with van der Waals surface area (Å²) >= 11 is 0. The van der Waals surface area contributed by atoms with Gasteiger partial charge in [0.25, 0.3) is 0 Å². The van der Waals surface area contributed by atoms with Crippen LogP contribution in [0.5, 0.6) is 0 Å². The minimum absolute atomic E-state index is 0.0188. The van der Waals surface area contributed by atoms with Crippen LogP contribution in [0.2, 0.25) is 6.32 Å². The number of nitrogens with one attached hydrogen (secondary N) is 1. The van der Waals surface area contributed by atoms with Gasteiger partial charge in [0.1, 0.15) is 69.2 Å². The molecule has 8 bridgehead atoms. The van der Waals surface area contributed by atoms with Crippen molar-refractivity contribution < 1.29 is 177 Å². The van der Waals surface area contributed by atoms with Crippen molar-refractivity contribution in [1.29, 1.82) is 0 Å². The normalized spacial score (nSPS) is 42.1. The summed E-state index contributed by atoms with van der Waals surface area (Å²) < 4.78 is 81.3. The SMILES string of the molecule is C=CCOC(=O)N[C@@H]1[C@H](O)[C@H](O[C@H]2/C=C/C=C/C=C/C=C/C=C/C=C/C=C/[C@H](C)[C@@H](O)[C@@H](C)[C@H](C)OC(=O)C[C@H]3C[C@@H](CC[C@@H](O)[C@H]4C[C@@H](C[C@]5(O)C[C@H](O)[C@@H](C(=O)OCC=C)C(C2)O5)OCO4)OCO3)O[C@H](C)[C@H]1O.C[C@@H]1[C@H](O)[C@@H](C)/C=C/C=C/C=C/C=C/C=C/C=C/C=C/[C@H](O[C@@H]2O[C@H](C)[C@@H](O)[C@H](N)[C@@H]2O)CC2O[C@](O)(C[C@@H](O)C[C@@H](O)[C@H](O)CC[C@@H](O)C[C@@H](O)CC(=O)O[C@H]1C)C[C@H](O)[C@H]2C(=O)O.[B]CCCCC. The van der Waals surface area contributed by atoms with E-state index in [1.165, 1.54) is 51.3 Å². The summed E-state index contributed by atoms with van der Waals surface area (Å²) in [6.45, 7) is 22.5. The van der Waals surface area contributed by atoms with Crippen molar-refractivity contribution in [2.45, 2.75) is 386 Å². The van der Waals surface area contributed by atoms with Crippen LogP contribution >= 0.6 is 0 Å². The molecule has 20 N–H and O–H groups in total. The highest BCUT2D eigenvalue weighted by molar-refractivity contribution is 6.08. The number of carboxylic acids is 1. The number of esters is 3. The number of carbonyl (C=O) groups excluding carboxylic acids is 4. The number of carboxylic acid groups (broad SMARTS) is 1. The van der Waals surface area contributed by atoms with Crippen LogP contribution in [-0.4, -0.2) is 346 Å². The van der Waals surface area contributed by atoms with Gasteiger partial charge >= 0.3 is 30.0 Å². The zero-order chi connectivity index (χ0) is 108. The minimum atomic E-state index is -2.33. The third-order valence-electron chi connectivity index (χ3n) is 26.9. The van der Waals surface area contributed by atoms with Crippen LogP contribution in [0, 0.1) is 35.5 Å². The molecule has 38 atom stereocenters. The number of carbonyl (C=O) groups is 5. The molecule has 147 heavy (non-hydrogen) atoms. The number of fused-ring (bicyclic) bond motifs is 8. The molecule has 0 aromatic heterocycles. The fourth-order valence-electron chi connectivity index (χ4n) is 18.0. The molecule has 0 aliphatic carbocycles. The molecule has 2 radical (unpaired) electrons. The maximum absolute atomic E-state index is 13.7. The second-order valence-electron chi connectivity index (χ2n) is 39.0. The predicted molar refractivity (Wildman–Crippen MR) is 543 cm³/mol. The summed E-state index contributed by atoms with van der Waals surface area (Å²) in [6.07, 6.45) is 21.1. The summed E-state index contributed by atoms with van der Waals surface area (Å²) in [4.78, 5) is 64.4. The van der Waals surface area contributed by atoms with E-state index >= 15 is 0 Å². The fraction of sp³-hybridized carbons (Fsp3) is 0.657. The van der Waals surface area contributed by atoms with Crippen molar-refractivity contribution in [3.8, 4) is 0 Å². The maximum atomic E-state index is 13.7. The lowest BCUT2D eigenvalue weighted by molar-refractivity contribution is -0.316. The highest BCUT2D eigenvalue weighted by atomic mass is 16.7. The highest BCUT2D eigenvalue weighted by Crippen LogP contribution is 2.43. The Labute approximate surface area is 865 Å². The summed E-state index contributed by atoms with van der Waals surface area (Å²) in [5.74, 6) is -12.2. The number of aliphatic hydroxyl groups excluding tert-OH is 14. The number of aliphatic hydroxyl groups is 16. The lowest BCUT2D eigenvalue weighted by atomic mass is 9.82. The predicted octanol–water partition coefficient (Wildman–Crippen LogP) is 6.82. The van der Waals surface area contributed by atoms with Gasteiger partial charge in [-0.05, 0) is 59.8 Å². The summed E-state index contributed by atoms with van der Waals surface area (Å²) in [5, 5.41) is 189. The Morgan fingerprint density at radius 1 is 0.435 bits per heavy atom. The Hall–Kier alpha value is -8.03. The van der Waals surface area contributed by atoms with Crippen molar-refractivity contribution in [2.75, 3.05) is 26.8 Å². The van der Waals surface area contributed by atoms with Crippen molar-refractivity contribution >= 4 is 37.8 Å². The highest BCUT2D eigenvalue weighted by Gasteiger charge is 2.55. The van der Waals surface area contributed by atoms with Gasteiger partial charge in [-0.25, -0.2) is 4.79 Å². The van der Waals surface area contributed by atoms with Gasteiger partial charge in [-0.3, -0.25) is 19.2 Å². The van der Waals surface area contributed by atoms with Crippen LogP contribution in [0.15, 0.2) is 195 Å². The number of aliphatic carboxylic acids is 1. The van der Waals surface area contributed by atoms with E-state index in [2.05, 4.69) is 25.4 Å². The number of hydrogen-bond acceptors (Lipinski definition) is 36. The Morgan fingerprint density at radius 3 is 1.37 bits per heavy atom. The largest absolute Gasteiger partial charge is 0.481 e. The minimum Gasteiger partial charge on any atom is -0.481 e. The van der Waals surface area contributed by atoms with Gasteiger partial charge in [0.2, 0.25) is 0 Å². The standard InChI is InChI=1S/C56H81NO19.C47H73NO17.C5H11B/c1-7-25-67-53(64)48-44(59)32-56(66)31-42-29-45(72-34-71-42)43(58)24-23-39-27-41(70-33-69-39)30-47(60)73-37(5)36(4)50(61)35(3)21-19-17-15-13-11-9-10-12-14-16-18-20-22-40(28-46(48)76-56)75-54-52(63)49(51(62)38(6)74-54)57-55(65)68-26-8-2;1-27-17-15-13-11-9-7-5-6-8-10-12-14-16-18-34(64-46-44(58)41(48)43(57)30(4)63-46)24-38-40(45(59)60)37(54)26-47(61,65-38)25-33(51)22-36(53)35(52)20-19-31(49)21-32(50)23-39(55)62-29(3)28(2)42(27)56;1-2-3-4-5-6/h7-22,35-46,48-52,54,58-59,61-63,66H,1-2,23-34H2,3-6H3,(H,57,65);5-18,27-38,40-44,46,49-54,56-58,61H,19-26,48H2,1-4H3,(H,59,60);2-5H2,1H3/b10-9+,13-11+,14-12+,17-15+,18-16+,21-19+,22-20+;6-5+,9-7+,10-8+,13-11+,14-12+,17-15+,18-16+;/t35-,36-,37-,38+,39+,40-,41+,42-,43+,44-,45+,46?,48+,49-,50+,51+,52-,54-,56+;27-,28-,29-,30+,31+,32+,33-,34-,35+,36+,37-,38?,40+,41-,42+,43+,44-,46-,47+;/m00./s1. The smallest absolute Gasteiger partial charge is 0.407 e. The van der Waals surface area contributed by atoms with Gasteiger partial charge in [-0.15, -0.1) is 0 Å². The van der Waals surface area contributed by atoms with Crippen molar-refractivity contribution in [3.05, 3.63) is 195 Å². The molecule has 8 aliphatic rings. The molecule has 0 spiro atoms. The van der Waals surface area contributed by atoms with Gasteiger partial charge in [-0.2, -0.15) is 0 Å². The molecule has 0 aromatic rings. The Bertz CT molecular complexity index is 4320. The molecule has 1 amide bonds. The summed E-state index contributed by atoms with van der Waals surface area (Å²) in [6, 6.07) is -2.46. The maximum Gasteiger partial charge on any atom is 0.407 e. The zero-order valence-corrected chi connectivity index (χ0v) is 86.0. The molecule has 8 rings (SSSR count). The first-order chi connectivity index (χ1) is 69.9. The third-order valence-corrected chi connectivity index (χ3v) is 26.9. The first kappa shape index (κ1) is 128. The van der Waals surface area contributed by atoms with E-state index in [9.17, 15) is 111 Å². The van der Waals surface area contributed by atoms with E-state index in [1.807, 2.05) is 81.5 Å². The quantitative estimate of drug-likeness (QED) is 0.0279. The number of unbranched alkanes of at least 4 members (excludes halogenated alkanes) is 2. The molecular weight excluding hydrogens is 1910 g/mol. The first-order valence-corrected chi connectivity index (χ1v) is 51.1. The van der Waals surface area contributed by atoms with Crippen molar-refractivity contribution in [1.82, 2.24) is 5.32 Å². The number of allylic oxidation sites excluding steroid dienone is 24. The van der Waals surface area contributed by atoms with E-state index in [0.29, 0.717) is 12.8 Å². The zero-order valence-electron chi connectivity index (χ0n) is 86.0. The number of ether oxygens (including phenoxy) is 14. The van der Waals surface area contributed by atoms with E-state index < -0.39 is 269 Å². The van der Waals surface area contributed by atoms with Crippen LogP contribution in [0.3, 0.4) is 0 Å². The van der Waals surface area contributed by atoms with Gasteiger partial charge in [-0.1, -0.05) is 256 Å². The van der Waals surface area contributed by atoms with Crippen LogP contribution in [0.25, 0.3) is 0 Å². The Morgan fingerprint density at radius 2 is 0.878 bits per heavy atom. The third kappa shape index (κ3) is 45.4. The lowest BCUT2D eigenvalue weighted by Crippen LogP contribution is -2.64. The van der Waals surface area contributed by atoms with Crippen LogP contribution < -0.4 is 11.1 Å². The average molecular weight is 2080 g/mol. The number of cyclic esters (lactones) is 2. The molecule has 39 heteroatoms. The molecule has 0 aromatic carbocycles. The van der Waals surface area contributed by atoms with Crippen LogP contribution in [0.1, 0.15) is 184 Å². The van der Waals surface area contributed by atoms with E-state index in [-0.39, 0.29) is 108 Å². The van der Waals surface area contributed by atoms with Crippen molar-refractivity contribution in [2.24, 2.45) is 41.2 Å². The molecule has 8 aliphatic heterocycles. The average Bonchev–Trinajstić information content (AvgIpc) is 0.780. The fourth-order valence-corrected chi connectivity index (χ4v) is 18.0. The molecule has 38 nitrogen and oxygen atoms in total. The number of amides is 1. The topological polar surface area (TPSA) is 597 Å². The Balaban J connectivity index is 0.000000430. The summed E-state index contributed by atoms with van der Waals surface area (Å²) in [7, 11) is 5.21. The molecule has 6 saturated heterocycles. The molecule has 6 fully saturated rings. The van der Waals surface area contributed by atoms with Crippen molar-refractivity contribution in [3.63, 3.8) is 0 Å². The molecular formula is C108H165BN2O36. The van der Waals surface area contributed by atoms with Gasteiger partial charge < -0.3 is 164 Å². The molecule has 826 valence electrons. The lowest BCUT2D eigenvalue weighted by Gasteiger charge is -2.46. The van der Waals surface area contributed by atoms with Gasteiger partial charge in [0.15, 0.2) is 24.2 Å². The molecule has 8 heterocycles. The number of alkyl carbamates (subject to hydrolysis) is 1. The van der Waals surface area contributed by atoms with E-state index in [4.69, 9.17) is 79.9 Å². The van der Waals surface area contributed by atoms with E-state index in [0.717, 1.165) is 6.32 Å². The monoisotopic (exact) mass is 2080 g/mol. The second kappa shape index (κ2) is 67.4. The summed E-state index contributed by atoms with van der Waals surface area (Å²) in [5.41, 5.74) is 6.02. The molecule has 2 unspecified atom stereocenters. The van der Waals surface area contributed by atoms with Gasteiger partial charge in [0, 0.05) is 81.5 Å². The van der Waals surface area contributed by atoms with E-state index in [1.54, 1.807) is 124 Å². The second-order valence-corrected chi connectivity index (χ2v) is 39.0. The number of nitrogens with two attached hydrogens (primary N) is 1. The van der Waals surface area contributed by atoms with Crippen LogP contribution in [-0.2, 0) is 85.5 Å². The Kier molecular flexibility index (Phi) is 58.5.